The van der Waals surface area contributed by atoms with E-state index in [-0.39, 0.29) is 17.1 Å². The van der Waals surface area contributed by atoms with Crippen molar-refractivity contribution in [1.82, 2.24) is 4.90 Å². The zero-order valence-electron chi connectivity index (χ0n) is 18.0. The highest BCUT2D eigenvalue weighted by atomic mass is 16.5. The summed E-state index contributed by atoms with van der Waals surface area (Å²) in [5, 5.41) is 22.2. The molecule has 0 fully saturated rings. The van der Waals surface area contributed by atoms with Crippen LogP contribution in [0.4, 0.5) is 5.69 Å². The number of phenolic OH excluding ortho intramolecular Hbond substituents is 2. The number of nitrogens with zero attached hydrogens (tertiary/aromatic N) is 4. The minimum atomic E-state index is -1.32. The monoisotopic (exact) mass is 436 g/mol. The molecule has 0 saturated carbocycles. The molecular formula is C26H20N4O3. The van der Waals surface area contributed by atoms with E-state index in [1.165, 1.54) is 0 Å². The number of ether oxygens (including phenoxy) is 1. The van der Waals surface area contributed by atoms with Crippen LogP contribution in [0.3, 0.4) is 0 Å². The Kier molecular flexibility index (Phi) is 3.98. The summed E-state index contributed by atoms with van der Waals surface area (Å²) in [6.45, 7) is 1.81. The topological polar surface area (TPSA) is 90.0 Å². The van der Waals surface area contributed by atoms with Crippen LogP contribution in [0, 0.1) is 6.92 Å². The average molecular weight is 436 g/mol. The lowest BCUT2D eigenvalue weighted by Crippen LogP contribution is -2.42. The summed E-state index contributed by atoms with van der Waals surface area (Å²) in [6.07, 6.45) is 3.63. The molecule has 3 aromatic carbocycles. The van der Waals surface area contributed by atoms with E-state index >= 15 is 0 Å². The molecule has 6 rings (SSSR count). The van der Waals surface area contributed by atoms with Gasteiger partial charge in [0.2, 0.25) is 5.96 Å². The van der Waals surface area contributed by atoms with E-state index in [0.717, 1.165) is 22.5 Å². The molecule has 33 heavy (non-hydrogen) atoms. The van der Waals surface area contributed by atoms with E-state index in [2.05, 4.69) is 4.99 Å². The van der Waals surface area contributed by atoms with Crippen molar-refractivity contribution in [1.29, 1.82) is 0 Å². The van der Waals surface area contributed by atoms with E-state index in [0.29, 0.717) is 23.1 Å². The van der Waals surface area contributed by atoms with Gasteiger partial charge in [0.25, 0.3) is 0 Å². The first-order valence-electron chi connectivity index (χ1n) is 10.5. The molecule has 1 unspecified atom stereocenters. The number of aryl methyl sites for hydroxylation is 1. The Morgan fingerprint density at radius 2 is 1.70 bits per heavy atom. The summed E-state index contributed by atoms with van der Waals surface area (Å²) in [5.41, 5.74) is 3.02. The van der Waals surface area contributed by atoms with Gasteiger partial charge < -0.3 is 14.9 Å². The molecule has 0 saturated heterocycles. The smallest absolute Gasteiger partial charge is 0.232 e. The molecular weight excluding hydrogens is 416 g/mol. The fourth-order valence-electron chi connectivity index (χ4n) is 4.76. The Morgan fingerprint density at radius 1 is 0.970 bits per heavy atom. The van der Waals surface area contributed by atoms with Crippen molar-refractivity contribution in [3.8, 4) is 17.2 Å². The molecule has 3 aliphatic rings. The molecule has 7 nitrogen and oxygen atoms in total. The van der Waals surface area contributed by atoms with Gasteiger partial charge in [0.15, 0.2) is 11.4 Å². The molecule has 0 amide bonds. The first-order valence-corrected chi connectivity index (χ1v) is 10.5. The second-order valence-corrected chi connectivity index (χ2v) is 8.15. The fraction of sp³-hybridized carbons (Fsp3) is 0.115. The summed E-state index contributed by atoms with van der Waals surface area (Å²) >= 11 is 0. The lowest BCUT2D eigenvalue weighted by molar-refractivity contribution is 0.414. The normalized spacial score (nSPS) is 19.9. The van der Waals surface area contributed by atoms with E-state index in [9.17, 15) is 10.2 Å². The summed E-state index contributed by atoms with van der Waals surface area (Å²) < 4.78 is 5.35. The number of fused-ring (bicyclic) bond motifs is 2. The number of allylic oxidation sites excluding steroid dienone is 1. The van der Waals surface area contributed by atoms with E-state index in [1.807, 2.05) is 66.4 Å². The Balaban J connectivity index is 1.73. The van der Waals surface area contributed by atoms with Gasteiger partial charge in [-0.2, -0.15) is 0 Å². The molecule has 1 atom stereocenters. The second-order valence-electron chi connectivity index (χ2n) is 8.15. The third kappa shape index (κ3) is 2.59. The summed E-state index contributed by atoms with van der Waals surface area (Å²) in [5.74, 6) is 1.53. The van der Waals surface area contributed by atoms with Gasteiger partial charge in [-0.1, -0.05) is 30.3 Å². The van der Waals surface area contributed by atoms with Crippen LogP contribution in [-0.4, -0.2) is 40.2 Å². The summed E-state index contributed by atoms with van der Waals surface area (Å²) in [6, 6.07) is 18.5. The molecule has 162 valence electrons. The van der Waals surface area contributed by atoms with E-state index in [4.69, 9.17) is 14.7 Å². The van der Waals surface area contributed by atoms with Crippen LogP contribution >= 0.6 is 0 Å². The van der Waals surface area contributed by atoms with E-state index in [1.54, 1.807) is 25.5 Å². The summed E-state index contributed by atoms with van der Waals surface area (Å²) in [7, 11) is 1.60. The highest BCUT2D eigenvalue weighted by Gasteiger charge is 2.54. The van der Waals surface area contributed by atoms with Crippen LogP contribution in [0.25, 0.3) is 5.70 Å². The van der Waals surface area contributed by atoms with Crippen molar-refractivity contribution in [2.75, 3.05) is 7.11 Å². The van der Waals surface area contributed by atoms with Gasteiger partial charge in [-0.15, -0.1) is 0 Å². The molecule has 2 N–H and O–H groups in total. The van der Waals surface area contributed by atoms with Crippen LogP contribution in [0.1, 0.15) is 22.3 Å². The zero-order valence-corrected chi connectivity index (χ0v) is 18.0. The van der Waals surface area contributed by atoms with Gasteiger partial charge >= 0.3 is 0 Å². The second kappa shape index (κ2) is 6.80. The van der Waals surface area contributed by atoms with Gasteiger partial charge in [-0.3, -0.25) is 4.90 Å². The number of methoxy groups -OCH3 is 1. The number of rotatable bonds is 3. The van der Waals surface area contributed by atoms with Crippen LogP contribution in [-0.2, 0) is 5.54 Å². The number of hydrogen-bond acceptors (Lipinski definition) is 7. The molecule has 0 spiro atoms. The van der Waals surface area contributed by atoms with Crippen molar-refractivity contribution in [2.24, 2.45) is 15.0 Å². The van der Waals surface area contributed by atoms with Gasteiger partial charge in [0.05, 0.1) is 24.1 Å². The molecule has 3 aliphatic heterocycles. The third-order valence-electron chi connectivity index (χ3n) is 6.18. The van der Waals surface area contributed by atoms with Crippen LogP contribution in [0.5, 0.6) is 17.2 Å². The number of aromatic hydroxyl groups is 2. The van der Waals surface area contributed by atoms with Gasteiger partial charge in [0, 0.05) is 11.8 Å². The Morgan fingerprint density at radius 3 is 2.42 bits per heavy atom. The fourth-order valence-corrected chi connectivity index (χ4v) is 4.76. The highest BCUT2D eigenvalue weighted by molar-refractivity contribution is 6.24. The van der Waals surface area contributed by atoms with Crippen molar-refractivity contribution in [3.05, 3.63) is 89.0 Å². The van der Waals surface area contributed by atoms with Crippen LogP contribution in [0.2, 0.25) is 0 Å². The van der Waals surface area contributed by atoms with Gasteiger partial charge in [0.1, 0.15) is 17.2 Å². The molecule has 0 bridgehead atoms. The zero-order chi connectivity index (χ0) is 22.7. The summed E-state index contributed by atoms with van der Waals surface area (Å²) in [4.78, 5) is 16.4. The molecule has 3 heterocycles. The van der Waals surface area contributed by atoms with Crippen molar-refractivity contribution < 1.29 is 14.9 Å². The molecule has 7 heteroatoms. The van der Waals surface area contributed by atoms with Crippen molar-refractivity contribution in [2.45, 2.75) is 12.5 Å². The first kappa shape index (κ1) is 19.3. The van der Waals surface area contributed by atoms with Crippen molar-refractivity contribution >= 4 is 29.4 Å². The maximum atomic E-state index is 11.1. The Bertz CT molecular complexity index is 1410. The van der Waals surface area contributed by atoms with E-state index < -0.39 is 5.54 Å². The van der Waals surface area contributed by atoms with Crippen LogP contribution < -0.4 is 4.74 Å². The average Bonchev–Trinajstić information content (AvgIpc) is 3.14. The van der Waals surface area contributed by atoms with Gasteiger partial charge in [-0.25, -0.2) is 15.0 Å². The highest BCUT2D eigenvalue weighted by Crippen LogP contribution is 2.53. The molecule has 0 radical (unpaired) electrons. The molecule has 3 aromatic rings. The number of benzene rings is 3. The predicted octanol–water partition coefficient (Wildman–Crippen LogP) is 4.50. The molecule has 0 aromatic heterocycles. The largest absolute Gasteiger partial charge is 0.507 e. The number of aliphatic imine (C=N–C) groups is 3. The minimum absolute atomic E-state index is 0.0661. The lowest BCUT2D eigenvalue weighted by atomic mass is 9.80. The quantitative estimate of drug-likeness (QED) is 0.633. The third-order valence-corrected chi connectivity index (χ3v) is 6.18. The van der Waals surface area contributed by atoms with Gasteiger partial charge in [-0.05, 0) is 54.5 Å². The number of phenols is 2. The van der Waals surface area contributed by atoms with Crippen LogP contribution in [0.15, 0.2) is 81.7 Å². The first-order chi connectivity index (χ1) is 16.0. The number of guanidine groups is 1. The number of para-hydroxylation sites is 1. The lowest BCUT2D eigenvalue weighted by Gasteiger charge is -2.35. The predicted molar refractivity (Wildman–Crippen MR) is 128 cm³/mol. The maximum Gasteiger partial charge on any atom is 0.232 e. The maximum absolute atomic E-state index is 11.1. The number of amidine groups is 1. The Labute approximate surface area is 190 Å². The minimum Gasteiger partial charge on any atom is -0.507 e. The Hall–Kier alpha value is -4.39. The standard InChI is InChI=1S/C26H20N4O3/c1-15-13-21(31)23(22(32)14-15)26(16-7-9-17(33-2)10-8-16)24-28-19-6-4-3-5-18(19)20-11-12-27-25(29-26)30(20)24/h3-14,31-32H,1-2H3. The van der Waals surface area contributed by atoms with Crippen molar-refractivity contribution in [3.63, 3.8) is 0 Å². The SMILES string of the molecule is COc1ccc(C2(c3c(O)cc(C)cc3O)N=C3N=CC=C4c5ccccc5N=C2N43)cc1. The number of hydrogen-bond donors (Lipinski definition) is 2. The molecule has 0 aliphatic carbocycles.